The zero-order valence-electron chi connectivity index (χ0n) is 14.1. The Labute approximate surface area is 142 Å². The van der Waals surface area contributed by atoms with E-state index in [2.05, 4.69) is 10.0 Å². The van der Waals surface area contributed by atoms with Crippen molar-refractivity contribution in [2.45, 2.75) is 39.8 Å². The maximum Gasteiger partial charge on any atom is 0.326 e. The van der Waals surface area contributed by atoms with Crippen molar-refractivity contribution in [1.82, 2.24) is 10.0 Å². The zero-order valence-corrected chi connectivity index (χ0v) is 14.9. The first kappa shape index (κ1) is 20.1. The molecule has 0 fully saturated rings. The Bertz CT molecular complexity index is 670. The predicted octanol–water partition coefficient (Wildman–Crippen LogP) is 1.35. The standard InChI is InChI=1S/C16H24N2O5S/c1-4-11(3)14(16(20)21)18-15(19)13-8-6-12(7-9-13)10-17-24(22,23)5-2/h6-9,11,14,17H,4-5,10H2,1-3H3,(H,18,19)(H,20,21)/t11-,14-/m0/s1. The number of nitrogens with one attached hydrogen (secondary N) is 2. The number of hydrogen-bond acceptors (Lipinski definition) is 4. The summed E-state index contributed by atoms with van der Waals surface area (Å²) in [5.74, 6) is -1.72. The fourth-order valence-corrected chi connectivity index (χ4v) is 2.57. The van der Waals surface area contributed by atoms with Crippen LogP contribution in [0.5, 0.6) is 0 Å². The van der Waals surface area contributed by atoms with Gasteiger partial charge in [0, 0.05) is 12.1 Å². The molecular weight excluding hydrogens is 332 g/mol. The van der Waals surface area contributed by atoms with Crippen LogP contribution in [0, 0.1) is 5.92 Å². The molecule has 7 nitrogen and oxygen atoms in total. The summed E-state index contributed by atoms with van der Waals surface area (Å²) in [5.41, 5.74) is 1.03. The third-order valence-electron chi connectivity index (χ3n) is 3.86. The van der Waals surface area contributed by atoms with Gasteiger partial charge < -0.3 is 10.4 Å². The maximum atomic E-state index is 12.2. The molecule has 0 unspecified atom stereocenters. The Morgan fingerprint density at radius 1 is 1.17 bits per heavy atom. The van der Waals surface area contributed by atoms with Gasteiger partial charge in [-0.15, -0.1) is 0 Å². The van der Waals surface area contributed by atoms with Crippen LogP contribution < -0.4 is 10.0 Å². The maximum absolute atomic E-state index is 12.2. The number of amides is 1. The Hall–Kier alpha value is -1.93. The van der Waals surface area contributed by atoms with Gasteiger partial charge in [-0.3, -0.25) is 4.79 Å². The quantitative estimate of drug-likeness (QED) is 0.618. The zero-order chi connectivity index (χ0) is 18.3. The molecule has 0 aromatic heterocycles. The van der Waals surface area contributed by atoms with Crippen LogP contribution in [0.1, 0.15) is 43.1 Å². The number of carboxylic acids is 1. The monoisotopic (exact) mass is 356 g/mol. The van der Waals surface area contributed by atoms with E-state index in [1.54, 1.807) is 38.1 Å². The first-order valence-corrected chi connectivity index (χ1v) is 9.45. The predicted molar refractivity (Wildman–Crippen MR) is 91.1 cm³/mol. The van der Waals surface area contributed by atoms with E-state index in [9.17, 15) is 23.1 Å². The Kier molecular flexibility index (Phi) is 7.37. The second kappa shape index (κ2) is 8.79. The van der Waals surface area contributed by atoms with Crippen LogP contribution in [0.2, 0.25) is 0 Å². The summed E-state index contributed by atoms with van der Waals surface area (Å²) in [6, 6.07) is 5.40. The lowest BCUT2D eigenvalue weighted by Crippen LogP contribution is -2.45. The Morgan fingerprint density at radius 2 is 1.75 bits per heavy atom. The highest BCUT2D eigenvalue weighted by Crippen LogP contribution is 2.10. The second-order valence-corrected chi connectivity index (χ2v) is 7.69. The highest BCUT2D eigenvalue weighted by Gasteiger charge is 2.25. The smallest absolute Gasteiger partial charge is 0.326 e. The van der Waals surface area contributed by atoms with Crippen molar-refractivity contribution in [2.24, 2.45) is 5.92 Å². The first-order valence-electron chi connectivity index (χ1n) is 7.80. The molecule has 1 aromatic carbocycles. The number of hydrogen-bond donors (Lipinski definition) is 3. The van der Waals surface area contributed by atoms with Crippen molar-refractivity contribution < 1.29 is 23.1 Å². The largest absolute Gasteiger partial charge is 0.480 e. The molecule has 0 aliphatic carbocycles. The van der Waals surface area contributed by atoms with Crippen LogP contribution in [-0.4, -0.2) is 37.2 Å². The third kappa shape index (κ3) is 5.93. The molecule has 0 saturated heterocycles. The molecule has 0 bridgehead atoms. The van der Waals surface area contributed by atoms with E-state index in [-0.39, 0.29) is 18.2 Å². The highest BCUT2D eigenvalue weighted by atomic mass is 32.2. The number of sulfonamides is 1. The summed E-state index contributed by atoms with van der Waals surface area (Å²) in [5, 5.41) is 11.7. The van der Waals surface area contributed by atoms with Crippen molar-refractivity contribution in [3.05, 3.63) is 35.4 Å². The molecule has 0 radical (unpaired) electrons. The molecule has 1 rings (SSSR count). The molecular formula is C16H24N2O5S. The van der Waals surface area contributed by atoms with Crippen LogP contribution in [0.25, 0.3) is 0 Å². The van der Waals surface area contributed by atoms with Crippen molar-refractivity contribution >= 4 is 21.9 Å². The van der Waals surface area contributed by atoms with Crippen molar-refractivity contribution in [2.75, 3.05) is 5.75 Å². The minimum absolute atomic E-state index is 0.000318. The molecule has 134 valence electrons. The lowest BCUT2D eigenvalue weighted by molar-refractivity contribution is -0.140. The SMILES string of the molecule is CC[C@H](C)[C@H](NC(=O)c1ccc(CNS(=O)(=O)CC)cc1)C(=O)O. The van der Waals surface area contributed by atoms with Gasteiger partial charge in [0.05, 0.1) is 5.75 Å². The minimum atomic E-state index is -3.28. The summed E-state index contributed by atoms with van der Waals surface area (Å²) in [4.78, 5) is 23.4. The van der Waals surface area contributed by atoms with E-state index in [4.69, 9.17) is 0 Å². The molecule has 0 saturated carbocycles. The van der Waals surface area contributed by atoms with Crippen molar-refractivity contribution in [3.63, 3.8) is 0 Å². The topological polar surface area (TPSA) is 113 Å². The fourth-order valence-electron chi connectivity index (χ4n) is 1.98. The average molecular weight is 356 g/mol. The normalized spacial score (nSPS) is 14.0. The molecule has 0 aliphatic heterocycles. The molecule has 24 heavy (non-hydrogen) atoms. The summed E-state index contributed by atoms with van der Waals surface area (Å²) in [6.07, 6.45) is 0.633. The van der Waals surface area contributed by atoms with E-state index in [1.807, 2.05) is 6.92 Å². The molecule has 0 heterocycles. The first-order chi connectivity index (χ1) is 11.2. The summed E-state index contributed by atoms with van der Waals surface area (Å²) >= 11 is 0. The van der Waals surface area contributed by atoms with Crippen LogP contribution in [0.3, 0.4) is 0 Å². The van der Waals surface area contributed by atoms with Crippen LogP contribution in [0.4, 0.5) is 0 Å². The number of carbonyl (C=O) groups is 2. The molecule has 2 atom stereocenters. The lowest BCUT2D eigenvalue weighted by atomic mass is 9.99. The van der Waals surface area contributed by atoms with Gasteiger partial charge in [-0.1, -0.05) is 32.4 Å². The minimum Gasteiger partial charge on any atom is -0.480 e. The molecule has 8 heteroatoms. The molecule has 1 amide bonds. The van der Waals surface area contributed by atoms with Crippen LogP contribution in [0.15, 0.2) is 24.3 Å². The van der Waals surface area contributed by atoms with E-state index >= 15 is 0 Å². The van der Waals surface area contributed by atoms with E-state index in [0.717, 1.165) is 0 Å². The number of carboxylic acid groups (broad SMARTS) is 1. The molecule has 3 N–H and O–H groups in total. The van der Waals surface area contributed by atoms with Gasteiger partial charge in [-0.2, -0.15) is 0 Å². The van der Waals surface area contributed by atoms with Crippen LogP contribution in [-0.2, 0) is 21.4 Å². The second-order valence-electron chi connectivity index (χ2n) is 5.60. The highest BCUT2D eigenvalue weighted by molar-refractivity contribution is 7.89. The Morgan fingerprint density at radius 3 is 2.21 bits per heavy atom. The number of aliphatic carboxylic acids is 1. The third-order valence-corrected chi connectivity index (χ3v) is 5.20. The van der Waals surface area contributed by atoms with Gasteiger partial charge in [-0.05, 0) is 30.5 Å². The Balaban J connectivity index is 2.74. The summed E-state index contributed by atoms with van der Waals surface area (Å²) in [7, 11) is -3.28. The van der Waals surface area contributed by atoms with Crippen molar-refractivity contribution in [3.8, 4) is 0 Å². The number of carbonyl (C=O) groups excluding carboxylic acids is 1. The van der Waals surface area contributed by atoms with Gasteiger partial charge in [0.25, 0.3) is 5.91 Å². The number of benzene rings is 1. The fraction of sp³-hybridized carbons (Fsp3) is 0.500. The summed E-state index contributed by atoms with van der Waals surface area (Å²) < 4.78 is 25.2. The van der Waals surface area contributed by atoms with Gasteiger partial charge in [0.15, 0.2) is 0 Å². The van der Waals surface area contributed by atoms with Gasteiger partial charge >= 0.3 is 5.97 Å². The number of rotatable bonds is 9. The summed E-state index contributed by atoms with van der Waals surface area (Å²) in [6.45, 7) is 5.32. The van der Waals surface area contributed by atoms with E-state index in [0.29, 0.717) is 17.5 Å². The molecule has 1 aromatic rings. The van der Waals surface area contributed by atoms with E-state index < -0.39 is 27.9 Å². The molecule has 0 spiro atoms. The van der Waals surface area contributed by atoms with Gasteiger partial charge in [-0.25, -0.2) is 17.9 Å². The average Bonchev–Trinajstić information content (AvgIpc) is 2.57. The van der Waals surface area contributed by atoms with E-state index in [1.165, 1.54) is 0 Å². The van der Waals surface area contributed by atoms with Gasteiger partial charge in [0.1, 0.15) is 6.04 Å². The van der Waals surface area contributed by atoms with Crippen molar-refractivity contribution in [1.29, 1.82) is 0 Å². The lowest BCUT2D eigenvalue weighted by Gasteiger charge is -2.20. The van der Waals surface area contributed by atoms with Gasteiger partial charge in [0.2, 0.25) is 10.0 Å². The van der Waals surface area contributed by atoms with Crippen LogP contribution >= 0.6 is 0 Å². The molecule has 0 aliphatic rings.